The van der Waals surface area contributed by atoms with Crippen molar-refractivity contribution in [2.45, 2.75) is 52.4 Å². The van der Waals surface area contributed by atoms with E-state index in [-0.39, 0.29) is 8.53 Å². The highest BCUT2D eigenvalue weighted by Gasteiger charge is 1.88. The van der Waals surface area contributed by atoms with Crippen molar-refractivity contribution in [2.24, 2.45) is 0 Å². The monoisotopic (exact) mass is 176 g/mol. The summed E-state index contributed by atoms with van der Waals surface area (Å²) in [6, 6.07) is 0. The summed E-state index contributed by atoms with van der Waals surface area (Å²) < 4.78 is 7.78. The van der Waals surface area contributed by atoms with Crippen LogP contribution in [0.15, 0.2) is 0 Å². The predicted molar refractivity (Wildman–Crippen MR) is 57.1 cm³/mol. The van der Waals surface area contributed by atoms with Crippen LogP contribution in [0.4, 0.5) is 0 Å². The predicted octanol–water partition coefficient (Wildman–Crippen LogP) is 4.05. The number of hydrogen-bond donors (Lipinski definition) is 0. The summed E-state index contributed by atoms with van der Waals surface area (Å²) in [6.45, 7) is 4.45. The maximum atomic E-state index is 7.78. The zero-order valence-corrected chi connectivity index (χ0v) is 9.00. The minimum Gasteiger partial charge on any atom is -0.122 e. The molecule has 0 amide bonds. The lowest BCUT2D eigenvalue weighted by Gasteiger charge is -1.99. The van der Waals surface area contributed by atoms with Gasteiger partial charge in [0.15, 0.2) is 0 Å². The first-order valence-corrected chi connectivity index (χ1v) is 6.31. The van der Waals surface area contributed by atoms with Crippen molar-refractivity contribution in [3.63, 3.8) is 0 Å². The number of unbranched alkanes of at least 4 members (excludes halogenated alkanes) is 4. The molecule has 0 aromatic rings. The summed E-state index contributed by atoms with van der Waals surface area (Å²) in [5.41, 5.74) is 0. The fraction of sp³-hybridized carbons (Fsp3) is 1.00. The quantitative estimate of drug-likeness (QED) is 0.386. The molecule has 0 nitrogen and oxygen atoms in total. The highest BCUT2D eigenvalue weighted by molar-refractivity contribution is 7.37. The van der Waals surface area contributed by atoms with Crippen molar-refractivity contribution in [3.05, 3.63) is 0 Å². The first-order valence-electron chi connectivity index (χ1n) is 5.49. The van der Waals surface area contributed by atoms with Crippen molar-refractivity contribution in [3.8, 4) is 0 Å². The molecule has 0 bridgehead atoms. The molecular formula is C10H23P. The summed E-state index contributed by atoms with van der Waals surface area (Å²) in [6.07, 6.45) is 10.2. The van der Waals surface area contributed by atoms with Gasteiger partial charge in [0.25, 0.3) is 0 Å². The van der Waals surface area contributed by atoms with Gasteiger partial charge < -0.3 is 0 Å². The van der Waals surface area contributed by atoms with Gasteiger partial charge >= 0.3 is 0 Å². The van der Waals surface area contributed by atoms with Gasteiger partial charge in [-0.1, -0.05) is 39.5 Å². The van der Waals surface area contributed by atoms with Gasteiger partial charge in [-0.3, -0.25) is 0 Å². The number of hydrogen-bond acceptors (Lipinski definition) is 0. The van der Waals surface area contributed by atoms with E-state index in [0.717, 1.165) is 0 Å². The first kappa shape index (κ1) is 9.52. The molecule has 11 heavy (non-hydrogen) atoms. The molecule has 1 unspecified atom stereocenters. The zero-order chi connectivity index (χ0) is 9.23. The Morgan fingerprint density at radius 3 is 2.18 bits per heavy atom. The lowest BCUT2D eigenvalue weighted by Crippen LogP contribution is -1.81. The van der Waals surface area contributed by atoms with Crippen LogP contribution in [0.1, 0.15) is 52.4 Å². The van der Waals surface area contributed by atoms with E-state index in [1.54, 1.807) is 0 Å². The molecule has 0 aliphatic heterocycles. The number of rotatable bonds is 8. The van der Waals surface area contributed by atoms with E-state index < -0.39 is 0 Å². The highest BCUT2D eigenvalue weighted by atomic mass is 31.1. The van der Waals surface area contributed by atoms with Crippen LogP contribution in [0.5, 0.6) is 0 Å². The standard InChI is InChI=1S/C10H23P/c1-3-5-7-8-10-11-9-6-4-2/h11H,3-10H2,1-2H3/i11T. The minimum atomic E-state index is -0.353. The highest BCUT2D eigenvalue weighted by Crippen LogP contribution is 2.15. The molecule has 0 rings (SSSR count). The maximum absolute atomic E-state index is 7.78. The van der Waals surface area contributed by atoms with E-state index in [1.807, 2.05) is 0 Å². The Kier molecular flexibility index (Phi) is 9.02. The Balaban J connectivity index is 3.02. The molecule has 0 N–H and O–H groups in total. The Bertz CT molecular complexity index is 85.9. The fourth-order valence-electron chi connectivity index (χ4n) is 1.03. The third kappa shape index (κ3) is 10.4. The average molecular weight is 176 g/mol. The van der Waals surface area contributed by atoms with Crippen LogP contribution in [-0.2, 0) is 0 Å². The van der Waals surface area contributed by atoms with E-state index >= 15 is 0 Å². The molecule has 0 aromatic carbocycles. The molecule has 1 heteroatoms. The van der Waals surface area contributed by atoms with Gasteiger partial charge in [0.2, 0.25) is 0 Å². The topological polar surface area (TPSA) is 0 Å². The molecule has 0 fully saturated rings. The molecule has 0 heterocycles. The molecule has 0 aliphatic carbocycles. The Labute approximate surface area is 75.2 Å². The molecule has 0 aromatic heterocycles. The van der Waals surface area contributed by atoms with Crippen molar-refractivity contribution in [2.75, 3.05) is 12.3 Å². The van der Waals surface area contributed by atoms with Crippen LogP contribution in [0.25, 0.3) is 0 Å². The second-order valence-electron chi connectivity index (χ2n) is 3.09. The lowest BCUT2D eigenvalue weighted by atomic mass is 10.2. The van der Waals surface area contributed by atoms with Crippen LogP contribution in [0.2, 0.25) is 0 Å². The molecule has 0 saturated heterocycles. The van der Waals surface area contributed by atoms with Gasteiger partial charge in [-0.15, -0.1) is 8.53 Å². The van der Waals surface area contributed by atoms with Crippen LogP contribution in [-0.4, -0.2) is 13.6 Å². The summed E-state index contributed by atoms with van der Waals surface area (Å²) in [7, 11) is -0.353. The van der Waals surface area contributed by atoms with Crippen molar-refractivity contribution in [1.29, 1.82) is 1.28 Å². The zero-order valence-electron chi connectivity index (χ0n) is 9.10. The van der Waals surface area contributed by atoms with Crippen LogP contribution in [0, 0.1) is 0 Å². The molecular weight excluding hydrogens is 151 g/mol. The van der Waals surface area contributed by atoms with Crippen LogP contribution in [0.3, 0.4) is 0 Å². The molecule has 68 valence electrons. The summed E-state index contributed by atoms with van der Waals surface area (Å²) in [4.78, 5) is 0. The van der Waals surface area contributed by atoms with Gasteiger partial charge in [-0.25, -0.2) is 0 Å². The maximum Gasteiger partial charge on any atom is 0.0580 e. The molecule has 0 radical (unpaired) electrons. The lowest BCUT2D eigenvalue weighted by molar-refractivity contribution is 0.705. The van der Waals surface area contributed by atoms with Crippen molar-refractivity contribution < 1.29 is 0 Å². The first-order chi connectivity index (χ1) is 5.81. The second kappa shape index (κ2) is 10.4. The van der Waals surface area contributed by atoms with E-state index in [0.29, 0.717) is 0 Å². The summed E-state index contributed by atoms with van der Waals surface area (Å²) in [5.74, 6) is 0. The summed E-state index contributed by atoms with van der Waals surface area (Å²) in [5, 5.41) is 0. The van der Waals surface area contributed by atoms with Gasteiger partial charge in [0, 0.05) is 0 Å². The third-order valence-electron chi connectivity index (χ3n) is 1.84. The Morgan fingerprint density at radius 2 is 1.55 bits per heavy atom. The van der Waals surface area contributed by atoms with Crippen LogP contribution < -0.4 is 0 Å². The van der Waals surface area contributed by atoms with Crippen LogP contribution >= 0.6 is 8.53 Å². The second-order valence-corrected chi connectivity index (χ2v) is 4.43. The normalized spacial score (nSPS) is 14.5. The SMILES string of the molecule is [3H]P(CCCC)CCCCCC. The largest absolute Gasteiger partial charge is 0.122 e. The van der Waals surface area contributed by atoms with Gasteiger partial charge in [0.05, 0.1) is 1.28 Å². The molecule has 0 aliphatic rings. The summed E-state index contributed by atoms with van der Waals surface area (Å²) >= 11 is 0. The van der Waals surface area contributed by atoms with Gasteiger partial charge in [0.1, 0.15) is 0 Å². The van der Waals surface area contributed by atoms with Gasteiger partial charge in [-0.05, 0) is 25.2 Å². The molecule has 0 spiro atoms. The minimum absolute atomic E-state index is 0.353. The average Bonchev–Trinajstić information content (AvgIpc) is 2.09. The smallest absolute Gasteiger partial charge is 0.0580 e. The van der Waals surface area contributed by atoms with E-state index in [2.05, 4.69) is 13.8 Å². The Hall–Kier alpha value is 0.430. The van der Waals surface area contributed by atoms with Gasteiger partial charge in [-0.2, -0.15) is 0 Å². The van der Waals surface area contributed by atoms with Crippen molar-refractivity contribution >= 4 is 8.53 Å². The Morgan fingerprint density at radius 1 is 0.909 bits per heavy atom. The van der Waals surface area contributed by atoms with E-state index in [1.165, 1.54) is 50.8 Å². The molecule has 1 atom stereocenters. The van der Waals surface area contributed by atoms with E-state index in [9.17, 15) is 0 Å². The third-order valence-corrected chi connectivity index (χ3v) is 3.10. The fourth-order valence-corrected chi connectivity index (χ4v) is 2.24. The van der Waals surface area contributed by atoms with E-state index in [4.69, 9.17) is 1.28 Å². The van der Waals surface area contributed by atoms with Crippen molar-refractivity contribution in [1.82, 2.24) is 0 Å². The molecule has 0 saturated carbocycles.